The average molecular weight is 313 g/mol. The number of aromatic nitrogens is 2. The summed E-state index contributed by atoms with van der Waals surface area (Å²) in [5.74, 6) is -0.678. The molecule has 1 amide bonds. The zero-order valence-corrected chi connectivity index (χ0v) is 11.9. The standard InChI is InChI=1S/C16H12FN3O3/c17-13-6-2-1-4-11(13)14-8-10(20-23-14)9-19-16(22)12-5-3-7-18-15(12)21/h1-8H,9H2,(H,18,21)(H,19,22). The van der Waals surface area contributed by atoms with Crippen molar-refractivity contribution in [2.24, 2.45) is 0 Å². The van der Waals surface area contributed by atoms with Crippen LogP contribution in [0.3, 0.4) is 0 Å². The number of aromatic amines is 1. The van der Waals surface area contributed by atoms with Crippen LogP contribution in [0, 0.1) is 5.82 Å². The van der Waals surface area contributed by atoms with E-state index in [1.165, 1.54) is 24.4 Å². The summed E-state index contributed by atoms with van der Waals surface area (Å²) in [6, 6.07) is 10.7. The number of amides is 1. The number of nitrogens with zero attached hydrogens (tertiary/aromatic N) is 1. The number of H-pyrrole nitrogens is 1. The lowest BCUT2D eigenvalue weighted by molar-refractivity contribution is 0.0948. The molecule has 0 radical (unpaired) electrons. The largest absolute Gasteiger partial charge is 0.356 e. The Morgan fingerprint density at radius 2 is 2.09 bits per heavy atom. The van der Waals surface area contributed by atoms with E-state index in [9.17, 15) is 14.0 Å². The van der Waals surface area contributed by atoms with Gasteiger partial charge in [0.25, 0.3) is 11.5 Å². The minimum Gasteiger partial charge on any atom is -0.356 e. The lowest BCUT2D eigenvalue weighted by Gasteiger charge is -2.01. The fraction of sp³-hybridized carbons (Fsp3) is 0.0625. The number of carbonyl (C=O) groups is 1. The van der Waals surface area contributed by atoms with Gasteiger partial charge in [-0.3, -0.25) is 9.59 Å². The second-order valence-corrected chi connectivity index (χ2v) is 4.76. The quantitative estimate of drug-likeness (QED) is 0.772. The van der Waals surface area contributed by atoms with Crippen LogP contribution in [0.5, 0.6) is 0 Å². The summed E-state index contributed by atoms with van der Waals surface area (Å²) >= 11 is 0. The van der Waals surface area contributed by atoms with Gasteiger partial charge in [-0.25, -0.2) is 4.39 Å². The van der Waals surface area contributed by atoms with Gasteiger partial charge in [0.05, 0.1) is 12.1 Å². The molecule has 2 N–H and O–H groups in total. The van der Waals surface area contributed by atoms with Crippen LogP contribution in [0.1, 0.15) is 16.1 Å². The Labute approximate surface area is 129 Å². The second kappa shape index (κ2) is 6.27. The highest BCUT2D eigenvalue weighted by atomic mass is 19.1. The predicted molar refractivity (Wildman–Crippen MR) is 80.1 cm³/mol. The molecule has 0 atom stereocenters. The predicted octanol–water partition coefficient (Wildman–Crippen LogP) is 2.10. The van der Waals surface area contributed by atoms with E-state index < -0.39 is 17.3 Å². The van der Waals surface area contributed by atoms with Gasteiger partial charge in [0.2, 0.25) is 0 Å². The first kappa shape index (κ1) is 14.7. The number of halogens is 1. The normalized spacial score (nSPS) is 10.5. The van der Waals surface area contributed by atoms with Gasteiger partial charge < -0.3 is 14.8 Å². The van der Waals surface area contributed by atoms with Gasteiger partial charge in [-0.2, -0.15) is 0 Å². The van der Waals surface area contributed by atoms with Crippen LogP contribution in [0.4, 0.5) is 4.39 Å². The van der Waals surface area contributed by atoms with Crippen LogP contribution in [-0.2, 0) is 6.54 Å². The molecular formula is C16H12FN3O3. The van der Waals surface area contributed by atoms with E-state index in [4.69, 9.17) is 4.52 Å². The molecule has 0 saturated heterocycles. The maximum Gasteiger partial charge on any atom is 0.260 e. The van der Waals surface area contributed by atoms with E-state index >= 15 is 0 Å². The van der Waals surface area contributed by atoms with Gasteiger partial charge in [-0.1, -0.05) is 17.3 Å². The minimum absolute atomic E-state index is 0.00493. The second-order valence-electron chi connectivity index (χ2n) is 4.76. The third-order valence-electron chi connectivity index (χ3n) is 3.19. The molecule has 7 heteroatoms. The monoisotopic (exact) mass is 313 g/mol. The first-order chi connectivity index (χ1) is 11.1. The number of benzene rings is 1. The Morgan fingerprint density at radius 3 is 2.87 bits per heavy atom. The lowest BCUT2D eigenvalue weighted by Crippen LogP contribution is -2.28. The van der Waals surface area contributed by atoms with Crippen LogP contribution < -0.4 is 10.9 Å². The molecule has 0 bridgehead atoms. The molecule has 0 aliphatic carbocycles. The van der Waals surface area contributed by atoms with Crippen LogP contribution in [0.25, 0.3) is 11.3 Å². The van der Waals surface area contributed by atoms with Gasteiger partial charge in [-0.15, -0.1) is 0 Å². The summed E-state index contributed by atoms with van der Waals surface area (Å²) in [5.41, 5.74) is 0.239. The smallest absolute Gasteiger partial charge is 0.260 e. The summed E-state index contributed by atoms with van der Waals surface area (Å²) in [4.78, 5) is 25.8. The summed E-state index contributed by atoms with van der Waals surface area (Å²) in [7, 11) is 0. The third kappa shape index (κ3) is 3.18. The third-order valence-corrected chi connectivity index (χ3v) is 3.19. The van der Waals surface area contributed by atoms with E-state index in [2.05, 4.69) is 15.5 Å². The fourth-order valence-electron chi connectivity index (χ4n) is 2.05. The van der Waals surface area contributed by atoms with Crippen molar-refractivity contribution in [3.8, 4) is 11.3 Å². The molecule has 23 heavy (non-hydrogen) atoms. The average Bonchev–Trinajstić information content (AvgIpc) is 3.02. The first-order valence-corrected chi connectivity index (χ1v) is 6.81. The highest BCUT2D eigenvalue weighted by Crippen LogP contribution is 2.23. The topological polar surface area (TPSA) is 88.0 Å². The molecule has 0 aliphatic rings. The van der Waals surface area contributed by atoms with Crippen LogP contribution >= 0.6 is 0 Å². The number of carbonyl (C=O) groups excluding carboxylic acids is 1. The summed E-state index contributed by atoms with van der Waals surface area (Å²) in [6.45, 7) is 0.0606. The maximum absolute atomic E-state index is 13.7. The van der Waals surface area contributed by atoms with Crippen molar-refractivity contribution in [1.29, 1.82) is 0 Å². The molecule has 1 aromatic carbocycles. The van der Waals surface area contributed by atoms with E-state index in [0.29, 0.717) is 5.69 Å². The molecule has 0 unspecified atom stereocenters. The van der Waals surface area contributed by atoms with Crippen molar-refractivity contribution < 1.29 is 13.7 Å². The van der Waals surface area contributed by atoms with Gasteiger partial charge in [-0.05, 0) is 24.3 Å². The number of hydrogen-bond donors (Lipinski definition) is 2. The van der Waals surface area contributed by atoms with Crippen molar-refractivity contribution in [3.05, 3.63) is 76.1 Å². The highest BCUT2D eigenvalue weighted by Gasteiger charge is 2.13. The Hall–Kier alpha value is -3.22. The van der Waals surface area contributed by atoms with Crippen LogP contribution in [0.15, 0.2) is 58.0 Å². The van der Waals surface area contributed by atoms with Gasteiger partial charge >= 0.3 is 0 Å². The SMILES string of the molecule is O=C(NCc1cc(-c2ccccc2F)on1)c1ccc[nH]c1=O. The number of pyridine rings is 1. The van der Waals surface area contributed by atoms with Crippen LogP contribution in [-0.4, -0.2) is 16.0 Å². The van der Waals surface area contributed by atoms with Crippen molar-refractivity contribution in [2.75, 3.05) is 0 Å². The minimum atomic E-state index is -0.526. The van der Waals surface area contributed by atoms with Crippen molar-refractivity contribution in [1.82, 2.24) is 15.5 Å². The van der Waals surface area contributed by atoms with E-state index in [1.807, 2.05) is 0 Å². The zero-order valence-electron chi connectivity index (χ0n) is 11.9. The Bertz CT molecular complexity index is 901. The number of hydrogen-bond acceptors (Lipinski definition) is 4. The molecule has 0 aliphatic heterocycles. The molecule has 0 fully saturated rings. The molecule has 0 spiro atoms. The van der Waals surface area contributed by atoms with E-state index in [1.54, 1.807) is 24.3 Å². The summed E-state index contributed by atoms with van der Waals surface area (Å²) in [5, 5.41) is 6.34. The molecule has 2 aromatic heterocycles. The van der Waals surface area contributed by atoms with Gasteiger partial charge in [0.15, 0.2) is 5.76 Å². The van der Waals surface area contributed by atoms with Gasteiger partial charge in [0, 0.05) is 12.3 Å². The van der Waals surface area contributed by atoms with E-state index in [-0.39, 0.29) is 23.4 Å². The molecule has 2 heterocycles. The lowest BCUT2D eigenvalue weighted by atomic mass is 10.1. The Morgan fingerprint density at radius 1 is 1.26 bits per heavy atom. The Kier molecular flexibility index (Phi) is 4.01. The number of rotatable bonds is 4. The van der Waals surface area contributed by atoms with Crippen molar-refractivity contribution >= 4 is 5.91 Å². The number of nitrogens with one attached hydrogen (secondary N) is 2. The molecule has 6 nitrogen and oxygen atoms in total. The van der Waals surface area contributed by atoms with E-state index in [0.717, 1.165) is 0 Å². The molecule has 3 rings (SSSR count). The highest BCUT2D eigenvalue weighted by molar-refractivity contribution is 5.93. The molecule has 3 aromatic rings. The summed E-state index contributed by atoms with van der Waals surface area (Å²) in [6.07, 6.45) is 1.44. The van der Waals surface area contributed by atoms with Crippen molar-refractivity contribution in [3.63, 3.8) is 0 Å². The first-order valence-electron chi connectivity index (χ1n) is 6.81. The zero-order chi connectivity index (χ0) is 16.2. The molecule has 0 saturated carbocycles. The fourth-order valence-corrected chi connectivity index (χ4v) is 2.05. The maximum atomic E-state index is 13.7. The van der Waals surface area contributed by atoms with Crippen LogP contribution in [0.2, 0.25) is 0 Å². The molecular weight excluding hydrogens is 301 g/mol. The van der Waals surface area contributed by atoms with Crippen molar-refractivity contribution in [2.45, 2.75) is 6.54 Å². The Balaban J connectivity index is 1.71. The summed E-state index contributed by atoms with van der Waals surface area (Å²) < 4.78 is 18.8. The molecule has 116 valence electrons. The van der Waals surface area contributed by atoms with Gasteiger partial charge in [0.1, 0.15) is 17.1 Å².